The molecule has 0 saturated heterocycles. The summed E-state index contributed by atoms with van der Waals surface area (Å²) in [5.41, 5.74) is 1.80. The van der Waals surface area contributed by atoms with Crippen molar-refractivity contribution in [3.63, 3.8) is 0 Å². The van der Waals surface area contributed by atoms with Gasteiger partial charge in [-0.25, -0.2) is 0 Å². The smallest absolute Gasteiger partial charge is 0.309 e. The van der Waals surface area contributed by atoms with Crippen LogP contribution in [0, 0.1) is 11.8 Å². The Morgan fingerprint density at radius 3 is 2.76 bits per heavy atom. The van der Waals surface area contributed by atoms with E-state index >= 15 is 0 Å². The Balaban J connectivity index is 2.00. The van der Waals surface area contributed by atoms with Gasteiger partial charge in [0, 0.05) is 5.92 Å². The molecule has 0 aromatic heterocycles. The normalized spacial score (nSPS) is 32.3. The van der Waals surface area contributed by atoms with Crippen LogP contribution in [-0.2, 0) is 22.4 Å². The highest BCUT2D eigenvalue weighted by atomic mass is 16.5. The monoisotopic (exact) mass is 288 g/mol. The number of benzene rings is 1. The van der Waals surface area contributed by atoms with Crippen LogP contribution >= 0.6 is 0 Å². The average Bonchev–Trinajstić information content (AvgIpc) is 2.50. The number of esters is 1. The second kappa shape index (κ2) is 5.80. The molecule has 3 rings (SSSR count). The number of aryl methyl sites for hydroxylation is 1. The Morgan fingerprint density at radius 2 is 2.00 bits per heavy atom. The number of fused-ring (bicyclic) bond motifs is 2. The number of rotatable bonds is 1. The fraction of sp³-hybridized carbons (Fsp3) is 0.611. The van der Waals surface area contributed by atoms with Crippen LogP contribution in [0.3, 0.4) is 0 Å². The summed E-state index contributed by atoms with van der Waals surface area (Å²) < 4.78 is 5.05. The standard InChI is InChI=1S/C18H24O3/c1-21-17(19)15-12-14-7-3-2-6-13(14)9-11-18(20)10-5-4-8-16(15)18/h2-3,6-7,15-16,20H,4-5,8-12H2,1H3/t15-,16+,18+/m0/s1. The third-order valence-corrected chi connectivity index (χ3v) is 5.44. The van der Waals surface area contributed by atoms with Crippen molar-refractivity contribution in [3.05, 3.63) is 35.4 Å². The third-order valence-electron chi connectivity index (χ3n) is 5.44. The van der Waals surface area contributed by atoms with Crippen molar-refractivity contribution in [1.29, 1.82) is 0 Å². The minimum absolute atomic E-state index is 0.0343. The number of hydrogen-bond acceptors (Lipinski definition) is 3. The van der Waals surface area contributed by atoms with Crippen LogP contribution < -0.4 is 0 Å². The summed E-state index contributed by atoms with van der Waals surface area (Å²) in [4.78, 5) is 12.3. The Bertz CT molecular complexity index is 525. The molecule has 3 atom stereocenters. The first kappa shape index (κ1) is 14.6. The van der Waals surface area contributed by atoms with Crippen LogP contribution in [0.4, 0.5) is 0 Å². The molecule has 0 radical (unpaired) electrons. The van der Waals surface area contributed by atoms with Crippen LogP contribution in [0.25, 0.3) is 0 Å². The number of carbonyl (C=O) groups is 1. The van der Waals surface area contributed by atoms with E-state index in [1.807, 2.05) is 12.1 Å². The highest BCUT2D eigenvalue weighted by Crippen LogP contribution is 2.44. The highest BCUT2D eigenvalue weighted by Gasteiger charge is 2.46. The Hall–Kier alpha value is -1.35. The molecule has 1 aromatic carbocycles. The third kappa shape index (κ3) is 2.71. The van der Waals surface area contributed by atoms with Crippen LogP contribution in [0.15, 0.2) is 24.3 Å². The fourth-order valence-corrected chi connectivity index (χ4v) is 4.27. The molecule has 0 heterocycles. The van der Waals surface area contributed by atoms with Gasteiger partial charge in [-0.1, -0.05) is 37.1 Å². The second-order valence-corrected chi connectivity index (χ2v) is 6.56. The number of ether oxygens (including phenoxy) is 1. The van der Waals surface area contributed by atoms with Gasteiger partial charge in [0.1, 0.15) is 0 Å². The molecule has 2 aliphatic carbocycles. The molecule has 1 fully saturated rings. The fourth-order valence-electron chi connectivity index (χ4n) is 4.27. The summed E-state index contributed by atoms with van der Waals surface area (Å²) in [6.07, 6.45) is 6.24. The van der Waals surface area contributed by atoms with E-state index in [1.165, 1.54) is 18.2 Å². The van der Waals surface area contributed by atoms with Crippen LogP contribution in [0.1, 0.15) is 43.2 Å². The molecule has 0 unspecified atom stereocenters. The van der Waals surface area contributed by atoms with E-state index in [4.69, 9.17) is 4.74 Å². The number of aliphatic hydroxyl groups is 1. The van der Waals surface area contributed by atoms with Gasteiger partial charge in [0.15, 0.2) is 0 Å². The zero-order chi connectivity index (χ0) is 14.9. The average molecular weight is 288 g/mol. The van der Waals surface area contributed by atoms with Gasteiger partial charge in [0.05, 0.1) is 18.6 Å². The quantitative estimate of drug-likeness (QED) is 0.808. The van der Waals surface area contributed by atoms with Gasteiger partial charge in [-0.15, -0.1) is 0 Å². The minimum atomic E-state index is -0.704. The Morgan fingerprint density at radius 1 is 1.24 bits per heavy atom. The number of hydrogen-bond donors (Lipinski definition) is 1. The van der Waals surface area contributed by atoms with Gasteiger partial charge in [0.2, 0.25) is 0 Å². The van der Waals surface area contributed by atoms with E-state index in [9.17, 15) is 9.90 Å². The van der Waals surface area contributed by atoms with Gasteiger partial charge in [-0.3, -0.25) is 4.79 Å². The van der Waals surface area contributed by atoms with Crippen molar-refractivity contribution >= 4 is 5.97 Å². The molecule has 1 N–H and O–H groups in total. The summed E-state index contributed by atoms with van der Waals surface area (Å²) in [7, 11) is 1.45. The first-order valence-corrected chi connectivity index (χ1v) is 8.01. The van der Waals surface area contributed by atoms with Crippen molar-refractivity contribution < 1.29 is 14.6 Å². The molecule has 1 saturated carbocycles. The highest BCUT2D eigenvalue weighted by molar-refractivity contribution is 5.73. The lowest BCUT2D eigenvalue weighted by Gasteiger charge is -2.44. The molecular weight excluding hydrogens is 264 g/mol. The lowest BCUT2D eigenvalue weighted by atomic mass is 9.64. The van der Waals surface area contributed by atoms with Crippen LogP contribution in [0.2, 0.25) is 0 Å². The minimum Gasteiger partial charge on any atom is -0.469 e. The van der Waals surface area contributed by atoms with Gasteiger partial charge in [0.25, 0.3) is 0 Å². The zero-order valence-corrected chi connectivity index (χ0v) is 12.7. The van der Waals surface area contributed by atoms with E-state index in [1.54, 1.807) is 0 Å². The molecule has 1 aromatic rings. The largest absolute Gasteiger partial charge is 0.469 e. The summed E-state index contributed by atoms with van der Waals surface area (Å²) in [5.74, 6) is -0.356. The molecule has 0 bridgehead atoms. The van der Waals surface area contributed by atoms with Gasteiger partial charge in [-0.2, -0.15) is 0 Å². The molecule has 21 heavy (non-hydrogen) atoms. The summed E-state index contributed by atoms with van der Waals surface area (Å²) in [6, 6.07) is 8.30. The van der Waals surface area contributed by atoms with Gasteiger partial charge in [-0.05, 0) is 43.2 Å². The summed E-state index contributed by atoms with van der Waals surface area (Å²) in [6.45, 7) is 0. The Kier molecular flexibility index (Phi) is 4.03. The second-order valence-electron chi connectivity index (χ2n) is 6.56. The van der Waals surface area contributed by atoms with Crippen molar-refractivity contribution in [1.82, 2.24) is 0 Å². The molecule has 0 amide bonds. The van der Waals surface area contributed by atoms with Crippen LogP contribution in [-0.4, -0.2) is 23.8 Å². The van der Waals surface area contributed by atoms with Crippen molar-refractivity contribution in [2.45, 2.75) is 50.5 Å². The van der Waals surface area contributed by atoms with Crippen LogP contribution in [0.5, 0.6) is 0 Å². The Labute approximate surface area is 126 Å². The van der Waals surface area contributed by atoms with Gasteiger partial charge >= 0.3 is 5.97 Å². The van der Waals surface area contributed by atoms with Crippen molar-refractivity contribution in [2.24, 2.45) is 11.8 Å². The zero-order valence-electron chi connectivity index (χ0n) is 12.7. The molecular formula is C18H24O3. The van der Waals surface area contributed by atoms with E-state index < -0.39 is 5.60 Å². The molecule has 114 valence electrons. The maximum atomic E-state index is 12.3. The predicted molar refractivity (Wildman–Crippen MR) is 80.9 cm³/mol. The number of methoxy groups -OCH3 is 1. The number of carbonyl (C=O) groups excluding carboxylic acids is 1. The van der Waals surface area contributed by atoms with Crippen molar-refractivity contribution in [3.8, 4) is 0 Å². The SMILES string of the molecule is COC(=O)[C@H]1Cc2ccccc2CC[C@]2(O)CCCC[C@H]12. The van der Waals surface area contributed by atoms with E-state index in [0.717, 1.165) is 38.5 Å². The molecule has 0 spiro atoms. The maximum absolute atomic E-state index is 12.3. The van der Waals surface area contributed by atoms with E-state index in [2.05, 4.69) is 12.1 Å². The first-order chi connectivity index (χ1) is 10.1. The molecule has 3 heteroatoms. The molecule has 0 aliphatic heterocycles. The topological polar surface area (TPSA) is 46.5 Å². The maximum Gasteiger partial charge on any atom is 0.309 e. The summed E-state index contributed by atoms with van der Waals surface area (Å²) >= 11 is 0. The first-order valence-electron chi connectivity index (χ1n) is 8.01. The summed E-state index contributed by atoms with van der Waals surface area (Å²) in [5, 5.41) is 11.1. The molecule has 3 nitrogen and oxygen atoms in total. The van der Waals surface area contributed by atoms with E-state index in [0.29, 0.717) is 6.42 Å². The lowest BCUT2D eigenvalue weighted by molar-refractivity contribution is -0.156. The van der Waals surface area contributed by atoms with Gasteiger partial charge < -0.3 is 9.84 Å². The molecule has 2 aliphatic rings. The lowest BCUT2D eigenvalue weighted by Crippen LogP contribution is -2.48. The van der Waals surface area contributed by atoms with Crippen molar-refractivity contribution in [2.75, 3.05) is 7.11 Å². The predicted octanol–water partition coefficient (Wildman–Crippen LogP) is 2.89. The van der Waals surface area contributed by atoms with E-state index in [-0.39, 0.29) is 17.8 Å².